The van der Waals surface area contributed by atoms with E-state index in [1.165, 1.54) is 18.2 Å². The summed E-state index contributed by atoms with van der Waals surface area (Å²) in [7, 11) is 1.60. The number of hydrogen-bond donors (Lipinski definition) is 2. The predicted octanol–water partition coefficient (Wildman–Crippen LogP) is 6.47. The molecule has 1 aliphatic carbocycles. The molecule has 0 spiro atoms. The third-order valence-electron chi connectivity index (χ3n) is 6.77. The molecule has 3 aromatic carbocycles. The number of methoxy groups -OCH3 is 1. The number of halogens is 2. The molecule has 0 unspecified atom stereocenters. The van der Waals surface area contributed by atoms with E-state index in [9.17, 15) is 13.6 Å². The lowest BCUT2D eigenvalue weighted by Gasteiger charge is -2.28. The molecule has 4 aromatic rings. The van der Waals surface area contributed by atoms with Crippen molar-refractivity contribution in [3.8, 4) is 5.75 Å². The number of carbonyl (C=O) groups is 1. The van der Waals surface area contributed by atoms with Crippen molar-refractivity contribution in [3.05, 3.63) is 89.1 Å². The first-order valence-electron chi connectivity index (χ1n) is 11.6. The van der Waals surface area contributed by atoms with Gasteiger partial charge >= 0.3 is 0 Å². The van der Waals surface area contributed by atoms with E-state index in [2.05, 4.69) is 15.5 Å². The van der Waals surface area contributed by atoms with E-state index in [0.29, 0.717) is 29.4 Å². The topological polar surface area (TPSA) is 67.0 Å². The van der Waals surface area contributed by atoms with Crippen molar-refractivity contribution in [1.29, 1.82) is 0 Å². The minimum Gasteiger partial charge on any atom is -0.497 e. The number of rotatable bonds is 6. The van der Waals surface area contributed by atoms with Crippen LogP contribution in [0.4, 0.5) is 14.5 Å². The van der Waals surface area contributed by atoms with E-state index >= 15 is 0 Å². The third-order valence-corrected chi connectivity index (χ3v) is 6.77. The fourth-order valence-corrected chi connectivity index (χ4v) is 4.81. The molecule has 1 heterocycles. The zero-order valence-electron chi connectivity index (χ0n) is 19.3. The summed E-state index contributed by atoms with van der Waals surface area (Å²) in [5.41, 5.74) is 2.22. The Bertz CT molecular complexity index is 1390. The molecule has 1 amide bonds. The monoisotopic (exact) mass is 473 g/mol. The Balaban J connectivity index is 1.44. The van der Waals surface area contributed by atoms with Gasteiger partial charge < -0.3 is 10.1 Å². The van der Waals surface area contributed by atoms with Crippen molar-refractivity contribution in [3.63, 3.8) is 0 Å². The third kappa shape index (κ3) is 4.41. The van der Waals surface area contributed by atoms with E-state index in [0.717, 1.165) is 29.7 Å². The number of hydrogen-bond acceptors (Lipinski definition) is 3. The predicted molar refractivity (Wildman–Crippen MR) is 133 cm³/mol. The van der Waals surface area contributed by atoms with Crippen molar-refractivity contribution in [2.24, 2.45) is 0 Å². The number of anilines is 1. The summed E-state index contributed by atoms with van der Waals surface area (Å²) in [6.45, 7) is 0. The number of aromatic nitrogens is 2. The van der Waals surface area contributed by atoms with Crippen LogP contribution in [0.2, 0.25) is 0 Å². The van der Waals surface area contributed by atoms with Crippen LogP contribution in [0.5, 0.6) is 5.75 Å². The zero-order chi connectivity index (χ0) is 24.4. The Kier molecular flexibility index (Phi) is 6.07. The highest BCUT2D eigenvalue weighted by atomic mass is 19.1. The first-order chi connectivity index (χ1) is 17.0. The number of fused-ring (bicyclic) bond motifs is 1. The largest absolute Gasteiger partial charge is 0.497 e. The second kappa shape index (κ2) is 9.33. The maximum atomic E-state index is 15.0. The molecule has 1 aromatic heterocycles. The van der Waals surface area contributed by atoms with Crippen LogP contribution in [0.15, 0.2) is 60.7 Å². The molecule has 1 fully saturated rings. The van der Waals surface area contributed by atoms with Gasteiger partial charge in [-0.25, -0.2) is 8.78 Å². The second-order valence-corrected chi connectivity index (χ2v) is 8.84. The van der Waals surface area contributed by atoms with Crippen LogP contribution < -0.4 is 10.1 Å². The highest BCUT2D eigenvalue weighted by Gasteiger charge is 2.43. The molecule has 7 heteroatoms. The SMILES string of the molecule is COc1ccc(C2(C(=O)Nc3cc4c(/C=C/c5ccc(F)cc5)n[nH]c4cc3F)CCCC2)cc1. The average Bonchev–Trinajstić information content (AvgIpc) is 3.52. The van der Waals surface area contributed by atoms with E-state index in [-0.39, 0.29) is 17.4 Å². The van der Waals surface area contributed by atoms with Gasteiger partial charge in [-0.05, 0) is 60.4 Å². The Morgan fingerprint density at radius 3 is 2.43 bits per heavy atom. The number of carbonyl (C=O) groups excluding carboxylic acids is 1. The van der Waals surface area contributed by atoms with Gasteiger partial charge in [-0.15, -0.1) is 0 Å². The van der Waals surface area contributed by atoms with E-state index in [1.54, 1.807) is 37.5 Å². The molecule has 0 saturated heterocycles. The number of H-pyrrole nitrogens is 1. The molecule has 2 N–H and O–H groups in total. The van der Waals surface area contributed by atoms with Gasteiger partial charge in [-0.1, -0.05) is 43.2 Å². The average molecular weight is 474 g/mol. The molecule has 1 aliphatic rings. The van der Waals surface area contributed by atoms with Gasteiger partial charge in [0, 0.05) is 11.5 Å². The van der Waals surface area contributed by atoms with Gasteiger partial charge in [0.1, 0.15) is 17.4 Å². The number of ether oxygens (including phenoxy) is 1. The van der Waals surface area contributed by atoms with Crippen LogP contribution in [0, 0.1) is 11.6 Å². The number of nitrogens with zero attached hydrogens (tertiary/aromatic N) is 1. The maximum Gasteiger partial charge on any atom is 0.235 e. The van der Waals surface area contributed by atoms with E-state index in [4.69, 9.17) is 4.74 Å². The fraction of sp³-hybridized carbons (Fsp3) is 0.214. The summed E-state index contributed by atoms with van der Waals surface area (Å²) in [6, 6.07) is 16.5. The van der Waals surface area contributed by atoms with Crippen molar-refractivity contribution < 1.29 is 18.3 Å². The summed E-state index contributed by atoms with van der Waals surface area (Å²) >= 11 is 0. The summed E-state index contributed by atoms with van der Waals surface area (Å²) in [5.74, 6) is -0.338. The molecule has 0 radical (unpaired) electrons. The van der Waals surface area contributed by atoms with Crippen molar-refractivity contribution in [2.45, 2.75) is 31.1 Å². The van der Waals surface area contributed by atoms with Gasteiger partial charge in [-0.3, -0.25) is 9.89 Å². The lowest BCUT2D eigenvalue weighted by atomic mass is 9.78. The molecule has 5 rings (SSSR count). The van der Waals surface area contributed by atoms with Crippen molar-refractivity contribution >= 4 is 34.6 Å². The van der Waals surface area contributed by atoms with Gasteiger partial charge in [0.25, 0.3) is 0 Å². The van der Waals surface area contributed by atoms with Crippen molar-refractivity contribution in [1.82, 2.24) is 10.2 Å². The van der Waals surface area contributed by atoms with Crippen LogP contribution in [-0.4, -0.2) is 23.2 Å². The Hall–Kier alpha value is -4.00. The zero-order valence-corrected chi connectivity index (χ0v) is 19.3. The van der Waals surface area contributed by atoms with Crippen LogP contribution in [0.1, 0.15) is 42.5 Å². The van der Waals surface area contributed by atoms with Gasteiger partial charge in [0.05, 0.1) is 29.4 Å². The Labute approximate surface area is 201 Å². The summed E-state index contributed by atoms with van der Waals surface area (Å²) < 4.78 is 33.4. The quantitative estimate of drug-likeness (QED) is 0.337. The number of nitrogens with one attached hydrogen (secondary N) is 2. The first-order valence-corrected chi connectivity index (χ1v) is 11.6. The minimum atomic E-state index is -0.713. The van der Waals surface area contributed by atoms with Gasteiger partial charge in [0.2, 0.25) is 5.91 Å². The first kappa shape index (κ1) is 22.8. The summed E-state index contributed by atoms with van der Waals surface area (Å²) in [4.78, 5) is 13.6. The standard InChI is InChI=1S/C28H25F2N3O2/c1-35-21-11-7-19(8-12-21)28(14-2-3-15-28)27(34)31-26-16-22-24(32-33-25(22)17-23(26)30)13-6-18-4-9-20(29)10-5-18/h4-13,16-17H,2-3,14-15H2,1H3,(H,31,34)(H,32,33)/b13-6+. The van der Waals surface area contributed by atoms with Crippen LogP contribution in [0.3, 0.4) is 0 Å². The van der Waals surface area contributed by atoms with E-state index in [1.807, 2.05) is 24.3 Å². The molecular weight excluding hydrogens is 448 g/mol. The smallest absolute Gasteiger partial charge is 0.235 e. The molecule has 35 heavy (non-hydrogen) atoms. The molecule has 1 saturated carbocycles. The highest BCUT2D eigenvalue weighted by molar-refractivity contribution is 6.01. The molecule has 0 atom stereocenters. The molecule has 5 nitrogen and oxygen atoms in total. The van der Waals surface area contributed by atoms with Crippen LogP contribution in [-0.2, 0) is 10.2 Å². The van der Waals surface area contributed by atoms with Crippen LogP contribution in [0.25, 0.3) is 23.1 Å². The molecule has 0 bridgehead atoms. The maximum absolute atomic E-state index is 15.0. The normalized spacial score (nSPS) is 15.1. The van der Waals surface area contributed by atoms with Crippen LogP contribution >= 0.6 is 0 Å². The molecule has 0 aliphatic heterocycles. The van der Waals surface area contributed by atoms with Gasteiger partial charge in [-0.2, -0.15) is 5.10 Å². The number of amides is 1. The Morgan fingerprint density at radius 1 is 1.03 bits per heavy atom. The van der Waals surface area contributed by atoms with E-state index < -0.39 is 11.2 Å². The Morgan fingerprint density at radius 2 is 1.74 bits per heavy atom. The highest BCUT2D eigenvalue weighted by Crippen LogP contribution is 2.43. The summed E-state index contributed by atoms with van der Waals surface area (Å²) in [5, 5.41) is 10.6. The minimum absolute atomic E-state index is 0.111. The second-order valence-electron chi connectivity index (χ2n) is 8.84. The van der Waals surface area contributed by atoms with Crippen molar-refractivity contribution in [2.75, 3.05) is 12.4 Å². The molecule has 178 valence electrons. The fourth-order valence-electron chi connectivity index (χ4n) is 4.81. The number of aromatic amines is 1. The number of benzene rings is 3. The van der Waals surface area contributed by atoms with Gasteiger partial charge in [0.15, 0.2) is 0 Å². The molecular formula is C28H25F2N3O2. The lowest BCUT2D eigenvalue weighted by molar-refractivity contribution is -0.121. The summed E-state index contributed by atoms with van der Waals surface area (Å²) in [6.07, 6.45) is 6.83. The lowest BCUT2D eigenvalue weighted by Crippen LogP contribution is -2.38.